The number of rotatable bonds is 5. The molecule has 2 aromatic rings. The Morgan fingerprint density at radius 1 is 1.19 bits per heavy atom. The first-order chi connectivity index (χ1) is 15.2. The van der Waals surface area contributed by atoms with Crippen molar-refractivity contribution in [2.75, 3.05) is 19.8 Å². The third-order valence-electron chi connectivity index (χ3n) is 6.37. The van der Waals surface area contributed by atoms with E-state index in [0.29, 0.717) is 43.2 Å². The minimum Gasteiger partial charge on any atom is -0.381 e. The lowest BCUT2D eigenvalue weighted by Gasteiger charge is -2.36. The van der Waals surface area contributed by atoms with Gasteiger partial charge in [-0.25, -0.2) is 8.78 Å². The Hall–Kier alpha value is -2.81. The topological polar surface area (TPSA) is 84.7 Å². The lowest BCUT2D eigenvalue weighted by atomic mass is 9.90. The molecule has 32 heavy (non-hydrogen) atoms. The van der Waals surface area contributed by atoms with Crippen molar-refractivity contribution < 1.29 is 27.6 Å². The molecule has 172 valence electrons. The Bertz CT molecular complexity index is 1030. The number of aryl methyl sites for hydroxylation is 3. The average Bonchev–Trinajstić information content (AvgIpc) is 3.24. The maximum absolute atomic E-state index is 14.7. The Morgan fingerprint density at radius 2 is 1.91 bits per heavy atom. The van der Waals surface area contributed by atoms with Gasteiger partial charge >= 0.3 is 0 Å². The highest BCUT2D eigenvalue weighted by atomic mass is 19.1. The lowest BCUT2D eigenvalue weighted by molar-refractivity contribution is -0.128. The largest absolute Gasteiger partial charge is 0.381 e. The quantitative estimate of drug-likeness (QED) is 0.761. The van der Waals surface area contributed by atoms with Gasteiger partial charge in [0.1, 0.15) is 29.0 Å². The number of amides is 2. The molecule has 0 unspecified atom stereocenters. The fourth-order valence-corrected chi connectivity index (χ4v) is 4.50. The fraction of sp³-hybridized carbons (Fsp3) is 0.522. The molecule has 1 N–H and O–H groups in total. The summed E-state index contributed by atoms with van der Waals surface area (Å²) in [5.74, 6) is -1.51. The summed E-state index contributed by atoms with van der Waals surface area (Å²) in [6.45, 7) is 7.87. The number of nitrogens with one attached hydrogen (secondary N) is 1. The zero-order valence-corrected chi connectivity index (χ0v) is 18.6. The third-order valence-corrected chi connectivity index (χ3v) is 6.37. The number of halogens is 2. The second-order valence-corrected chi connectivity index (χ2v) is 8.92. The number of hydrogen-bond donors (Lipinski definition) is 1. The zero-order valence-electron chi connectivity index (χ0n) is 18.6. The van der Waals surface area contributed by atoms with Crippen LogP contribution in [-0.4, -0.2) is 47.7 Å². The van der Waals surface area contributed by atoms with E-state index in [0.717, 1.165) is 12.1 Å². The van der Waals surface area contributed by atoms with Crippen molar-refractivity contribution in [1.29, 1.82) is 0 Å². The number of nitrogens with zero attached hydrogens (tertiary/aromatic N) is 2. The van der Waals surface area contributed by atoms with Crippen molar-refractivity contribution >= 4 is 11.8 Å². The molecular weight excluding hydrogens is 420 g/mol. The molecule has 0 radical (unpaired) electrons. The third kappa shape index (κ3) is 4.01. The highest BCUT2D eigenvalue weighted by Crippen LogP contribution is 2.33. The molecule has 2 fully saturated rings. The molecule has 2 aliphatic heterocycles. The second-order valence-electron chi connectivity index (χ2n) is 8.92. The summed E-state index contributed by atoms with van der Waals surface area (Å²) in [6, 6.07) is 0.790. The first-order valence-electron chi connectivity index (χ1n) is 10.7. The summed E-state index contributed by atoms with van der Waals surface area (Å²) < 4.78 is 39.3. The van der Waals surface area contributed by atoms with E-state index < -0.39 is 29.6 Å². The van der Waals surface area contributed by atoms with E-state index in [9.17, 15) is 18.4 Å². The van der Waals surface area contributed by atoms with E-state index in [1.807, 2.05) is 6.92 Å². The first-order valence-corrected chi connectivity index (χ1v) is 10.7. The summed E-state index contributed by atoms with van der Waals surface area (Å²) >= 11 is 0. The van der Waals surface area contributed by atoms with Crippen LogP contribution in [0.15, 0.2) is 16.7 Å². The zero-order chi connectivity index (χ0) is 23.2. The molecule has 1 aromatic heterocycles. The molecule has 0 aliphatic carbocycles. The average molecular weight is 447 g/mol. The minimum absolute atomic E-state index is 0.0874. The second kappa shape index (κ2) is 8.61. The molecule has 3 heterocycles. The highest BCUT2D eigenvalue weighted by molar-refractivity contribution is 5.99. The molecule has 7 nitrogen and oxygen atoms in total. The number of aromatic nitrogens is 1. The molecule has 2 saturated heterocycles. The molecule has 2 amide bonds. The Kier molecular flexibility index (Phi) is 6.03. The van der Waals surface area contributed by atoms with Gasteiger partial charge in [-0.05, 0) is 50.8 Å². The van der Waals surface area contributed by atoms with Gasteiger partial charge in [-0.3, -0.25) is 9.59 Å². The van der Waals surface area contributed by atoms with Crippen molar-refractivity contribution in [1.82, 2.24) is 15.4 Å². The van der Waals surface area contributed by atoms with Gasteiger partial charge in [0, 0.05) is 18.0 Å². The lowest BCUT2D eigenvalue weighted by Crippen LogP contribution is -2.50. The molecule has 3 atom stereocenters. The molecule has 4 rings (SSSR count). The highest BCUT2D eigenvalue weighted by Gasteiger charge is 2.42. The van der Waals surface area contributed by atoms with Crippen LogP contribution in [0.1, 0.15) is 52.3 Å². The van der Waals surface area contributed by atoms with E-state index in [1.54, 1.807) is 13.8 Å². The molecule has 1 aromatic carbocycles. The fourth-order valence-electron chi connectivity index (χ4n) is 4.50. The summed E-state index contributed by atoms with van der Waals surface area (Å²) in [5, 5.41) is 6.72. The van der Waals surface area contributed by atoms with Crippen molar-refractivity contribution in [2.24, 2.45) is 11.8 Å². The maximum atomic E-state index is 14.7. The van der Waals surface area contributed by atoms with Crippen molar-refractivity contribution in [2.45, 2.75) is 46.2 Å². The van der Waals surface area contributed by atoms with Crippen molar-refractivity contribution in [3.63, 3.8) is 0 Å². The van der Waals surface area contributed by atoms with Crippen LogP contribution in [0.2, 0.25) is 0 Å². The van der Waals surface area contributed by atoms with Gasteiger partial charge in [0.2, 0.25) is 5.91 Å². The number of benzene rings is 1. The number of hydrogen-bond acceptors (Lipinski definition) is 5. The predicted octanol–water partition coefficient (Wildman–Crippen LogP) is 3.23. The Morgan fingerprint density at radius 3 is 2.50 bits per heavy atom. The van der Waals surface area contributed by atoms with E-state index >= 15 is 0 Å². The van der Waals surface area contributed by atoms with E-state index in [4.69, 9.17) is 9.26 Å². The van der Waals surface area contributed by atoms with Gasteiger partial charge < -0.3 is 19.5 Å². The van der Waals surface area contributed by atoms with Gasteiger partial charge in [-0.2, -0.15) is 0 Å². The Labute approximate surface area is 185 Å². The summed E-state index contributed by atoms with van der Waals surface area (Å²) in [5.41, 5.74) is 1.10. The van der Waals surface area contributed by atoms with Crippen LogP contribution >= 0.6 is 0 Å². The van der Waals surface area contributed by atoms with Gasteiger partial charge in [0.15, 0.2) is 0 Å². The standard InChI is InChI=1S/C23H27F2N3O4/c1-11-5-19(28(8-11)23(30)20-13(3)27-32-14(20)4)22(29)26-21(15-9-31-10-15)16-7-17(24)12(2)6-18(16)25/h6-7,11,15,19,21H,5,8-10H2,1-4H3,(H,26,29)/t11-,19-,21-/m1/s1. The summed E-state index contributed by atoms with van der Waals surface area (Å²) in [6.07, 6.45) is 0.472. The van der Waals surface area contributed by atoms with Crippen LogP contribution in [0, 0.1) is 44.2 Å². The van der Waals surface area contributed by atoms with Gasteiger partial charge in [0.05, 0.1) is 24.9 Å². The van der Waals surface area contributed by atoms with Gasteiger partial charge in [-0.1, -0.05) is 12.1 Å². The van der Waals surface area contributed by atoms with Crippen LogP contribution in [0.25, 0.3) is 0 Å². The normalized spacial score (nSPS) is 22.0. The molecular formula is C23H27F2N3O4. The van der Waals surface area contributed by atoms with Crippen LogP contribution in [-0.2, 0) is 9.53 Å². The smallest absolute Gasteiger partial charge is 0.260 e. The summed E-state index contributed by atoms with van der Waals surface area (Å²) in [4.78, 5) is 28.1. The van der Waals surface area contributed by atoms with E-state index in [2.05, 4.69) is 10.5 Å². The van der Waals surface area contributed by atoms with Gasteiger partial charge in [-0.15, -0.1) is 0 Å². The monoisotopic (exact) mass is 447 g/mol. The van der Waals surface area contributed by atoms with Crippen LogP contribution in [0.4, 0.5) is 8.78 Å². The van der Waals surface area contributed by atoms with Crippen LogP contribution in [0.3, 0.4) is 0 Å². The molecule has 0 bridgehead atoms. The van der Waals surface area contributed by atoms with E-state index in [-0.39, 0.29) is 28.9 Å². The van der Waals surface area contributed by atoms with Gasteiger partial charge in [0.25, 0.3) is 5.91 Å². The Balaban J connectivity index is 1.60. The number of ether oxygens (including phenoxy) is 1. The van der Waals surface area contributed by atoms with Crippen LogP contribution in [0.5, 0.6) is 0 Å². The van der Waals surface area contributed by atoms with Crippen LogP contribution < -0.4 is 5.32 Å². The number of likely N-dealkylation sites (tertiary alicyclic amines) is 1. The number of carbonyl (C=O) groups is 2. The molecule has 0 saturated carbocycles. The summed E-state index contributed by atoms with van der Waals surface area (Å²) in [7, 11) is 0. The van der Waals surface area contributed by atoms with E-state index in [1.165, 1.54) is 11.8 Å². The predicted molar refractivity (Wildman–Crippen MR) is 111 cm³/mol. The van der Waals surface area contributed by atoms with Crippen molar-refractivity contribution in [3.8, 4) is 0 Å². The SMILES string of the molecule is Cc1cc(F)c([C@H](NC(=O)[C@H]2C[C@@H](C)CN2C(=O)c2c(C)noc2C)C2COC2)cc1F. The minimum atomic E-state index is -0.752. The maximum Gasteiger partial charge on any atom is 0.260 e. The van der Waals surface area contributed by atoms with Crippen molar-refractivity contribution in [3.05, 3.63) is 51.9 Å². The molecule has 2 aliphatic rings. The molecule has 0 spiro atoms. The number of carbonyl (C=O) groups excluding carboxylic acids is 2. The first kappa shape index (κ1) is 22.4. The molecule has 9 heteroatoms.